The van der Waals surface area contributed by atoms with Crippen LogP contribution >= 0.6 is 66.5 Å². The molecule has 3 nitrogen and oxygen atoms in total. The van der Waals surface area contributed by atoms with Crippen molar-refractivity contribution in [1.29, 1.82) is 0 Å². The average Bonchev–Trinajstić information content (AvgIpc) is 2.68. The molecule has 0 fully saturated rings. The second kappa shape index (κ2) is 9.25. The number of hydrogen-bond acceptors (Lipinski definition) is 3. The first kappa shape index (κ1) is 23.3. The number of carbonyl (C=O) groups is 1. The highest BCUT2D eigenvalue weighted by Gasteiger charge is 2.41. The van der Waals surface area contributed by atoms with E-state index in [2.05, 4.69) is 0 Å². The SMILES string of the molecule is CC(=CC(=O)Oc1c(Cl)c(Cl)c(Cl)c(Cl)c1Cl)c1ccc(C(F)(F)[PH+]=O)cc1. The van der Waals surface area contributed by atoms with Gasteiger partial charge in [-0.1, -0.05) is 74.7 Å². The van der Waals surface area contributed by atoms with Crippen LogP contribution in [0.15, 0.2) is 30.3 Å². The van der Waals surface area contributed by atoms with Crippen LogP contribution in [-0.2, 0) is 15.0 Å². The van der Waals surface area contributed by atoms with E-state index in [1.165, 1.54) is 12.1 Å². The third-order valence-corrected chi connectivity index (χ3v) is 6.32. The van der Waals surface area contributed by atoms with Crippen molar-refractivity contribution in [2.45, 2.75) is 12.6 Å². The van der Waals surface area contributed by atoms with Gasteiger partial charge in [-0.3, -0.25) is 0 Å². The van der Waals surface area contributed by atoms with Crippen LogP contribution in [0.5, 0.6) is 5.75 Å². The number of alkyl halides is 2. The van der Waals surface area contributed by atoms with Gasteiger partial charge in [0.25, 0.3) is 0 Å². The molecule has 11 heteroatoms. The molecule has 1 atom stereocenters. The topological polar surface area (TPSA) is 43.4 Å². The summed E-state index contributed by atoms with van der Waals surface area (Å²) in [7, 11) is -1.80. The monoisotopic (exact) mass is 505 g/mol. The third-order valence-electron chi connectivity index (χ3n) is 3.54. The van der Waals surface area contributed by atoms with Crippen LogP contribution in [0.2, 0.25) is 25.1 Å². The summed E-state index contributed by atoms with van der Waals surface area (Å²) in [6.45, 7) is 1.56. The Morgan fingerprint density at radius 1 is 0.964 bits per heavy atom. The summed E-state index contributed by atoms with van der Waals surface area (Å²) in [4.78, 5) is 12.2. The van der Waals surface area contributed by atoms with Crippen molar-refractivity contribution in [2.24, 2.45) is 0 Å². The smallest absolute Gasteiger partial charge is 0.420 e. The fraction of sp³-hybridized carbons (Fsp3) is 0.118. The Morgan fingerprint density at radius 2 is 1.43 bits per heavy atom. The Kier molecular flexibility index (Phi) is 7.71. The molecule has 0 bridgehead atoms. The van der Waals surface area contributed by atoms with Crippen LogP contribution in [0.4, 0.5) is 8.78 Å². The first-order valence-corrected chi connectivity index (χ1v) is 10.1. The summed E-state index contributed by atoms with van der Waals surface area (Å²) in [6, 6.07) is 4.96. The summed E-state index contributed by atoms with van der Waals surface area (Å²) in [6.07, 6.45) is 1.10. The summed E-state index contributed by atoms with van der Waals surface area (Å²) in [5.41, 5.74) is -2.96. The largest absolute Gasteiger partial charge is 0.466 e. The molecule has 2 aromatic carbocycles. The number of hydrogen-bond donors (Lipinski definition) is 0. The van der Waals surface area contributed by atoms with Crippen LogP contribution in [0.25, 0.3) is 5.57 Å². The maximum absolute atomic E-state index is 13.4. The second-order valence-electron chi connectivity index (χ2n) is 5.40. The number of rotatable bonds is 5. The highest BCUT2D eigenvalue weighted by molar-refractivity contribution is 7.24. The van der Waals surface area contributed by atoms with Crippen molar-refractivity contribution in [3.05, 3.63) is 66.6 Å². The van der Waals surface area contributed by atoms with Crippen molar-refractivity contribution in [1.82, 2.24) is 0 Å². The van der Waals surface area contributed by atoms with E-state index in [-0.39, 0.29) is 30.9 Å². The average molecular weight is 507 g/mol. The first-order valence-electron chi connectivity index (χ1n) is 7.29. The molecule has 0 N–H and O–H groups in total. The molecular formula is C17H9Cl5F2O3P+. The minimum atomic E-state index is -3.43. The quantitative estimate of drug-likeness (QED) is 0.103. The van der Waals surface area contributed by atoms with Crippen molar-refractivity contribution in [3.8, 4) is 5.75 Å². The van der Waals surface area contributed by atoms with Crippen LogP contribution < -0.4 is 4.74 Å². The first-order chi connectivity index (χ1) is 13.0. The molecule has 0 aliphatic carbocycles. The van der Waals surface area contributed by atoms with E-state index < -0.39 is 25.7 Å². The van der Waals surface area contributed by atoms with Crippen LogP contribution in [0, 0.1) is 0 Å². The number of ether oxygens (including phenoxy) is 1. The van der Waals surface area contributed by atoms with Crippen LogP contribution in [0.1, 0.15) is 18.1 Å². The molecule has 2 rings (SSSR count). The Hall–Kier alpha value is -0.940. The molecule has 0 spiro atoms. The number of allylic oxidation sites excluding steroid dienone is 1. The van der Waals surface area contributed by atoms with Gasteiger partial charge in [0.1, 0.15) is 10.0 Å². The van der Waals surface area contributed by atoms with E-state index in [1.54, 1.807) is 6.92 Å². The molecule has 148 valence electrons. The van der Waals surface area contributed by atoms with E-state index >= 15 is 0 Å². The lowest BCUT2D eigenvalue weighted by Crippen LogP contribution is -2.06. The molecule has 1 unspecified atom stereocenters. The molecule has 0 saturated carbocycles. The predicted molar refractivity (Wildman–Crippen MR) is 110 cm³/mol. The van der Waals surface area contributed by atoms with Gasteiger partial charge in [0, 0.05) is 6.08 Å². The molecule has 0 radical (unpaired) electrons. The van der Waals surface area contributed by atoms with Gasteiger partial charge in [-0.15, -0.1) is 0 Å². The van der Waals surface area contributed by atoms with E-state index in [4.69, 9.17) is 62.7 Å². The summed E-state index contributed by atoms with van der Waals surface area (Å²) < 4.78 is 42.5. The van der Waals surface area contributed by atoms with E-state index in [0.717, 1.165) is 18.2 Å². The Labute approximate surface area is 185 Å². The lowest BCUT2D eigenvalue weighted by atomic mass is 10.1. The maximum Gasteiger partial charge on any atom is 0.466 e. The number of halogens is 7. The van der Waals surface area contributed by atoms with Gasteiger partial charge < -0.3 is 4.74 Å². The fourth-order valence-electron chi connectivity index (χ4n) is 2.07. The molecule has 2 aromatic rings. The lowest BCUT2D eigenvalue weighted by molar-refractivity contribution is -0.128. The van der Waals surface area contributed by atoms with Gasteiger partial charge in [-0.05, 0) is 30.2 Å². The lowest BCUT2D eigenvalue weighted by Gasteiger charge is -2.12. The van der Waals surface area contributed by atoms with Gasteiger partial charge in [-0.25, -0.2) is 4.79 Å². The van der Waals surface area contributed by atoms with E-state index in [0.29, 0.717) is 11.1 Å². The van der Waals surface area contributed by atoms with Gasteiger partial charge in [0.15, 0.2) is 5.75 Å². The van der Waals surface area contributed by atoms with Crippen molar-refractivity contribution >= 4 is 78.0 Å². The summed E-state index contributed by atoms with van der Waals surface area (Å²) >= 11 is 29.7. The van der Waals surface area contributed by atoms with Crippen molar-refractivity contribution in [3.63, 3.8) is 0 Å². The Morgan fingerprint density at radius 3 is 1.89 bits per heavy atom. The van der Waals surface area contributed by atoms with Gasteiger partial charge >= 0.3 is 20.1 Å². The molecule has 0 heterocycles. The second-order valence-corrected chi connectivity index (χ2v) is 8.12. The van der Waals surface area contributed by atoms with Gasteiger partial charge in [0.05, 0.1) is 20.6 Å². The highest BCUT2D eigenvalue weighted by Crippen LogP contribution is 2.48. The molecule has 28 heavy (non-hydrogen) atoms. The summed E-state index contributed by atoms with van der Waals surface area (Å²) in [5.74, 6) is -1.12. The Balaban J connectivity index is 2.27. The maximum atomic E-state index is 13.4. The standard InChI is InChI=1S/C17H8Cl5F2O3P/c1-7(8-2-4-9(5-3-8)17(23,24)28-26)6-10(25)27-16-14(21)12(19)11(18)13(20)15(16)22/h2-6H,1H3/p+1. The molecule has 0 aliphatic rings. The van der Waals surface area contributed by atoms with Crippen LogP contribution in [-0.4, -0.2) is 5.97 Å². The fourth-order valence-corrected chi connectivity index (χ4v) is 3.55. The zero-order valence-electron chi connectivity index (χ0n) is 13.8. The van der Waals surface area contributed by atoms with Crippen molar-refractivity contribution in [2.75, 3.05) is 0 Å². The molecule has 0 saturated heterocycles. The van der Waals surface area contributed by atoms with E-state index in [9.17, 15) is 18.1 Å². The molecule has 0 aromatic heterocycles. The highest BCUT2D eigenvalue weighted by atomic mass is 35.5. The zero-order chi connectivity index (χ0) is 21.2. The normalized spacial score (nSPS) is 12.4. The number of benzene rings is 2. The van der Waals surface area contributed by atoms with Crippen molar-refractivity contribution < 1.29 is 22.9 Å². The van der Waals surface area contributed by atoms with Gasteiger partial charge in [0.2, 0.25) is 0 Å². The van der Waals surface area contributed by atoms with E-state index in [1.807, 2.05) is 0 Å². The predicted octanol–water partition coefficient (Wildman–Crippen LogP) is 8.04. The minimum absolute atomic E-state index is 0.0829. The molecule has 0 amide bonds. The number of esters is 1. The third kappa shape index (κ3) is 4.96. The van der Waals surface area contributed by atoms with Crippen LogP contribution in [0.3, 0.4) is 0 Å². The molecular weight excluding hydrogens is 498 g/mol. The Bertz CT molecular complexity index is 949. The minimum Gasteiger partial charge on any atom is -0.420 e. The number of carbonyl (C=O) groups excluding carboxylic acids is 1. The summed E-state index contributed by atoms with van der Waals surface area (Å²) in [5, 5.41) is -0.717. The van der Waals surface area contributed by atoms with Gasteiger partial charge in [-0.2, -0.15) is 8.78 Å². The molecule has 0 aliphatic heterocycles. The zero-order valence-corrected chi connectivity index (χ0v) is 18.5.